The fraction of sp³-hybridized carbons (Fsp3) is 0. The Morgan fingerprint density at radius 3 is 2.78 bits per heavy atom. The number of hydrazone groups is 1. The summed E-state index contributed by atoms with van der Waals surface area (Å²) in [7, 11) is 0. The minimum atomic E-state index is 0.334. The molecule has 5 N–H and O–H groups in total. The Labute approximate surface area is 57.9 Å². The first-order chi connectivity index (χ1) is 4.18. The number of hydrazine groups is 1. The lowest BCUT2D eigenvalue weighted by Gasteiger charge is -2.17. The molecule has 1 aliphatic rings. The highest BCUT2D eigenvalue weighted by Crippen LogP contribution is 1.96. The average Bonchev–Trinajstić information content (AvgIpc) is 1.59. The molecule has 0 bridgehead atoms. The highest BCUT2D eigenvalue weighted by Gasteiger charge is 2.02. The lowest BCUT2D eigenvalue weighted by Crippen LogP contribution is -2.36. The van der Waals surface area contributed by atoms with Crippen LogP contribution in [0.2, 0.25) is 0 Å². The van der Waals surface area contributed by atoms with Gasteiger partial charge >= 0.3 is 0 Å². The van der Waals surface area contributed by atoms with E-state index < -0.39 is 0 Å². The van der Waals surface area contributed by atoms with Crippen molar-refractivity contribution in [2.45, 2.75) is 0 Å². The van der Waals surface area contributed by atoms with Crippen molar-refractivity contribution in [2.24, 2.45) is 16.6 Å². The standard InChI is InChI=1S/C3H7N5S/c4-2-1-3(5)7-8(9)6-2/h1,6,9H,4H2,(H2,5,7). The van der Waals surface area contributed by atoms with Crippen molar-refractivity contribution < 1.29 is 0 Å². The third kappa shape index (κ3) is 1.43. The highest BCUT2D eigenvalue weighted by atomic mass is 32.1. The van der Waals surface area contributed by atoms with E-state index in [1.54, 1.807) is 0 Å². The predicted octanol–water partition coefficient (Wildman–Crippen LogP) is -1.28. The molecule has 6 heteroatoms. The maximum absolute atomic E-state index is 5.31. The number of amidine groups is 1. The number of hydrogen-bond donors (Lipinski definition) is 4. The largest absolute Gasteiger partial charge is 0.384 e. The van der Waals surface area contributed by atoms with Crippen molar-refractivity contribution in [3.05, 3.63) is 11.9 Å². The van der Waals surface area contributed by atoms with Gasteiger partial charge in [0.1, 0.15) is 11.7 Å². The molecule has 1 aliphatic heterocycles. The van der Waals surface area contributed by atoms with E-state index in [0.29, 0.717) is 11.7 Å². The first-order valence-corrected chi connectivity index (χ1v) is 2.65. The molecule has 5 nitrogen and oxygen atoms in total. The van der Waals surface area contributed by atoms with Crippen LogP contribution in [0.25, 0.3) is 0 Å². The highest BCUT2D eigenvalue weighted by molar-refractivity contribution is 7.77. The molecule has 0 aromatic rings. The molecular formula is C3H7N5S. The molecule has 0 saturated heterocycles. The van der Waals surface area contributed by atoms with Gasteiger partial charge < -0.3 is 11.5 Å². The lowest BCUT2D eigenvalue weighted by atomic mass is 10.5. The van der Waals surface area contributed by atoms with E-state index in [-0.39, 0.29) is 0 Å². The van der Waals surface area contributed by atoms with Crippen molar-refractivity contribution in [1.82, 2.24) is 9.95 Å². The van der Waals surface area contributed by atoms with Crippen molar-refractivity contribution >= 4 is 18.7 Å². The van der Waals surface area contributed by atoms with Crippen LogP contribution in [0.5, 0.6) is 0 Å². The Morgan fingerprint density at radius 2 is 2.33 bits per heavy atom. The van der Waals surface area contributed by atoms with Crippen molar-refractivity contribution in [1.29, 1.82) is 0 Å². The molecule has 0 unspecified atom stereocenters. The molecule has 50 valence electrons. The molecule has 0 fully saturated rings. The molecule has 0 spiro atoms. The maximum atomic E-state index is 5.31. The van der Waals surface area contributed by atoms with Crippen LogP contribution >= 0.6 is 12.8 Å². The van der Waals surface area contributed by atoms with E-state index in [2.05, 4.69) is 23.3 Å². The van der Waals surface area contributed by atoms with E-state index in [9.17, 15) is 0 Å². The molecule has 0 saturated carbocycles. The van der Waals surface area contributed by atoms with Crippen LogP contribution in [-0.4, -0.2) is 10.4 Å². The number of nitrogens with zero attached hydrogens (tertiary/aromatic N) is 2. The van der Waals surface area contributed by atoms with Crippen LogP contribution in [0.3, 0.4) is 0 Å². The molecule has 1 heterocycles. The first-order valence-electron chi connectivity index (χ1n) is 2.25. The topological polar surface area (TPSA) is 79.7 Å². The number of thiol groups is 1. The van der Waals surface area contributed by atoms with Crippen LogP contribution in [-0.2, 0) is 0 Å². The first kappa shape index (κ1) is 6.09. The van der Waals surface area contributed by atoms with Crippen molar-refractivity contribution in [3.63, 3.8) is 0 Å². The van der Waals surface area contributed by atoms with Gasteiger partial charge in [-0.2, -0.15) is 0 Å². The minimum absolute atomic E-state index is 0.334. The molecular weight excluding hydrogens is 138 g/mol. The predicted molar refractivity (Wildman–Crippen MR) is 37.9 cm³/mol. The van der Waals surface area contributed by atoms with Crippen LogP contribution in [0.4, 0.5) is 0 Å². The molecule has 0 aromatic carbocycles. The summed E-state index contributed by atoms with van der Waals surface area (Å²) in [5, 5.41) is 3.66. The second kappa shape index (κ2) is 2.06. The van der Waals surface area contributed by atoms with E-state index in [1.807, 2.05) is 0 Å². The molecule has 0 radical (unpaired) electrons. The van der Waals surface area contributed by atoms with Gasteiger partial charge in [-0.15, -0.1) is 9.62 Å². The monoisotopic (exact) mass is 145 g/mol. The Morgan fingerprint density at radius 1 is 1.67 bits per heavy atom. The quantitative estimate of drug-likeness (QED) is 0.320. The number of nitrogens with two attached hydrogens (primary N) is 2. The van der Waals surface area contributed by atoms with Gasteiger partial charge in [0.15, 0.2) is 0 Å². The summed E-state index contributed by atoms with van der Waals surface area (Å²) in [6, 6.07) is 0. The van der Waals surface area contributed by atoms with E-state index >= 15 is 0 Å². The Bertz CT molecular complexity index is 173. The van der Waals surface area contributed by atoms with Crippen molar-refractivity contribution in [2.75, 3.05) is 0 Å². The van der Waals surface area contributed by atoms with E-state index in [4.69, 9.17) is 11.5 Å². The third-order valence-electron chi connectivity index (χ3n) is 0.743. The second-order valence-electron chi connectivity index (χ2n) is 1.53. The normalized spacial score (nSPS) is 18.1. The summed E-state index contributed by atoms with van der Waals surface area (Å²) in [5.74, 6) is 0.763. The van der Waals surface area contributed by atoms with Gasteiger partial charge in [-0.3, -0.25) is 5.43 Å². The van der Waals surface area contributed by atoms with Crippen molar-refractivity contribution in [3.8, 4) is 0 Å². The SMILES string of the molecule is NC1=CC(N)=NN(S)N1. The summed E-state index contributed by atoms with van der Waals surface area (Å²) >= 11 is 3.81. The van der Waals surface area contributed by atoms with Gasteiger partial charge in [0.2, 0.25) is 0 Å². The molecule has 9 heavy (non-hydrogen) atoms. The van der Waals surface area contributed by atoms with Gasteiger partial charge in [0.05, 0.1) is 0 Å². The Kier molecular flexibility index (Phi) is 1.39. The van der Waals surface area contributed by atoms with Gasteiger partial charge in [-0.05, 0) is 12.8 Å². The number of nitrogens with one attached hydrogen (secondary N) is 1. The van der Waals surface area contributed by atoms with Crippen LogP contribution in [0.1, 0.15) is 0 Å². The number of rotatable bonds is 0. The molecule has 0 amide bonds. The Balaban J connectivity index is 2.74. The summed E-state index contributed by atoms with van der Waals surface area (Å²) in [5.41, 5.74) is 13.2. The van der Waals surface area contributed by atoms with E-state index in [1.165, 1.54) is 6.08 Å². The zero-order chi connectivity index (χ0) is 6.85. The molecule has 0 aromatic heterocycles. The third-order valence-corrected chi connectivity index (χ3v) is 0.932. The fourth-order valence-electron chi connectivity index (χ4n) is 0.470. The van der Waals surface area contributed by atoms with E-state index in [0.717, 1.165) is 4.52 Å². The smallest absolute Gasteiger partial charge is 0.150 e. The minimum Gasteiger partial charge on any atom is -0.384 e. The van der Waals surface area contributed by atoms with Gasteiger partial charge in [-0.1, -0.05) is 0 Å². The summed E-state index contributed by atoms with van der Waals surface area (Å²) in [4.78, 5) is 0. The summed E-state index contributed by atoms with van der Waals surface area (Å²) in [6.07, 6.45) is 1.51. The second-order valence-corrected chi connectivity index (χ2v) is 1.90. The van der Waals surface area contributed by atoms with Crippen LogP contribution in [0, 0.1) is 0 Å². The zero-order valence-corrected chi connectivity index (χ0v) is 5.47. The van der Waals surface area contributed by atoms with Gasteiger partial charge in [0, 0.05) is 6.08 Å². The summed E-state index contributed by atoms with van der Waals surface area (Å²) in [6.45, 7) is 0. The van der Waals surface area contributed by atoms with Crippen LogP contribution < -0.4 is 16.9 Å². The van der Waals surface area contributed by atoms with Gasteiger partial charge in [0.25, 0.3) is 0 Å². The molecule has 0 atom stereocenters. The number of hydrogen-bond acceptors (Lipinski definition) is 6. The lowest BCUT2D eigenvalue weighted by molar-refractivity contribution is 0.411. The Hall–Kier alpha value is -1.04. The zero-order valence-electron chi connectivity index (χ0n) is 4.57. The summed E-state index contributed by atoms with van der Waals surface area (Å²) < 4.78 is 1.14. The maximum Gasteiger partial charge on any atom is 0.150 e. The van der Waals surface area contributed by atoms with Gasteiger partial charge in [-0.25, -0.2) is 0 Å². The average molecular weight is 145 g/mol. The van der Waals surface area contributed by atoms with Crippen LogP contribution in [0.15, 0.2) is 17.0 Å². The molecule has 0 aliphatic carbocycles. The molecule has 1 rings (SSSR count). The fourth-order valence-corrected chi connectivity index (χ4v) is 0.689.